The number of hydroxylamine groups is 1. The highest BCUT2D eigenvalue weighted by molar-refractivity contribution is 5.93. The molecule has 0 spiro atoms. The van der Waals surface area contributed by atoms with Crippen LogP contribution in [0.1, 0.15) is 13.3 Å². The van der Waals surface area contributed by atoms with Gasteiger partial charge in [-0.1, -0.05) is 6.08 Å². The molecule has 0 saturated heterocycles. The van der Waals surface area contributed by atoms with Crippen molar-refractivity contribution < 1.29 is 14.4 Å². The van der Waals surface area contributed by atoms with Crippen LogP contribution in [0.2, 0.25) is 0 Å². The third kappa shape index (κ3) is 6.73. The van der Waals surface area contributed by atoms with Crippen LogP contribution in [0, 0.1) is 0 Å². The standard InChI is InChI=1S/C7H11NO3/c1-3-4-8-11-7(10)5-6(2)9/h3,8H,1,4-5H2,2H3. The van der Waals surface area contributed by atoms with Crippen molar-refractivity contribution in [2.45, 2.75) is 13.3 Å². The summed E-state index contributed by atoms with van der Waals surface area (Å²) in [6, 6.07) is 0. The second-order valence-electron chi connectivity index (χ2n) is 1.99. The Morgan fingerprint density at radius 1 is 1.64 bits per heavy atom. The maximum atomic E-state index is 10.6. The summed E-state index contributed by atoms with van der Waals surface area (Å²) >= 11 is 0. The minimum absolute atomic E-state index is 0.190. The molecule has 0 aliphatic rings. The highest BCUT2D eigenvalue weighted by Crippen LogP contribution is 1.84. The fourth-order valence-corrected chi connectivity index (χ4v) is 0.420. The lowest BCUT2D eigenvalue weighted by atomic mass is 10.3. The lowest BCUT2D eigenvalue weighted by Gasteiger charge is -2.00. The van der Waals surface area contributed by atoms with Crippen molar-refractivity contribution in [3.05, 3.63) is 12.7 Å². The van der Waals surface area contributed by atoms with Gasteiger partial charge in [0.2, 0.25) is 0 Å². The lowest BCUT2D eigenvalue weighted by molar-refractivity contribution is -0.152. The molecule has 0 heterocycles. The zero-order valence-electron chi connectivity index (χ0n) is 6.42. The van der Waals surface area contributed by atoms with Crippen molar-refractivity contribution in [2.24, 2.45) is 0 Å². The molecule has 0 aliphatic heterocycles. The fraction of sp³-hybridized carbons (Fsp3) is 0.429. The first-order chi connectivity index (χ1) is 5.16. The second kappa shape index (κ2) is 5.61. The average Bonchev–Trinajstić information content (AvgIpc) is 1.86. The first-order valence-electron chi connectivity index (χ1n) is 3.19. The maximum Gasteiger partial charge on any atom is 0.332 e. The number of hydrogen-bond donors (Lipinski definition) is 1. The number of rotatable bonds is 5. The van der Waals surface area contributed by atoms with Gasteiger partial charge in [-0.25, -0.2) is 4.79 Å². The summed E-state index contributed by atoms with van der Waals surface area (Å²) in [5.74, 6) is -0.783. The van der Waals surface area contributed by atoms with Crippen molar-refractivity contribution in [3.8, 4) is 0 Å². The van der Waals surface area contributed by atoms with E-state index >= 15 is 0 Å². The molecule has 4 nitrogen and oxygen atoms in total. The van der Waals surface area contributed by atoms with Gasteiger partial charge in [0.25, 0.3) is 0 Å². The minimum Gasteiger partial charge on any atom is -0.370 e. The van der Waals surface area contributed by atoms with Crippen LogP contribution in [0.3, 0.4) is 0 Å². The molecule has 11 heavy (non-hydrogen) atoms. The van der Waals surface area contributed by atoms with E-state index in [1.807, 2.05) is 0 Å². The molecule has 0 aliphatic carbocycles. The third-order valence-electron chi connectivity index (χ3n) is 0.807. The van der Waals surface area contributed by atoms with Crippen molar-refractivity contribution in [3.63, 3.8) is 0 Å². The molecule has 0 aromatic carbocycles. The van der Waals surface area contributed by atoms with E-state index in [1.165, 1.54) is 6.92 Å². The fourth-order valence-electron chi connectivity index (χ4n) is 0.420. The van der Waals surface area contributed by atoms with Crippen LogP contribution in [0.15, 0.2) is 12.7 Å². The Bertz CT molecular complexity index is 165. The summed E-state index contributed by atoms with van der Waals surface area (Å²) in [7, 11) is 0. The monoisotopic (exact) mass is 157 g/mol. The van der Waals surface area contributed by atoms with Gasteiger partial charge in [0.15, 0.2) is 0 Å². The molecule has 0 rings (SSSR count). The van der Waals surface area contributed by atoms with E-state index in [4.69, 9.17) is 0 Å². The Hall–Kier alpha value is -1.16. The van der Waals surface area contributed by atoms with Gasteiger partial charge < -0.3 is 4.84 Å². The summed E-state index contributed by atoms with van der Waals surface area (Å²) < 4.78 is 0. The third-order valence-corrected chi connectivity index (χ3v) is 0.807. The number of hydrogen-bond acceptors (Lipinski definition) is 4. The van der Waals surface area contributed by atoms with E-state index in [-0.39, 0.29) is 12.2 Å². The van der Waals surface area contributed by atoms with E-state index in [1.54, 1.807) is 6.08 Å². The molecular weight excluding hydrogens is 146 g/mol. The Labute approximate surface area is 65.2 Å². The van der Waals surface area contributed by atoms with Gasteiger partial charge >= 0.3 is 5.97 Å². The summed E-state index contributed by atoms with van der Waals surface area (Å²) in [5.41, 5.74) is 2.32. The molecule has 0 amide bonds. The number of nitrogens with one attached hydrogen (secondary N) is 1. The van der Waals surface area contributed by atoms with E-state index in [2.05, 4.69) is 16.9 Å². The van der Waals surface area contributed by atoms with Crippen LogP contribution >= 0.6 is 0 Å². The Kier molecular flexibility index (Phi) is 5.02. The average molecular weight is 157 g/mol. The molecule has 62 valence electrons. The predicted octanol–water partition coefficient (Wildman–Crippen LogP) is 0.199. The largest absolute Gasteiger partial charge is 0.370 e. The van der Waals surface area contributed by atoms with Gasteiger partial charge in [0.1, 0.15) is 12.2 Å². The second-order valence-corrected chi connectivity index (χ2v) is 1.99. The van der Waals surface area contributed by atoms with Crippen molar-refractivity contribution in [2.75, 3.05) is 6.54 Å². The molecule has 0 radical (unpaired) electrons. The smallest absolute Gasteiger partial charge is 0.332 e. The number of carbonyl (C=O) groups is 2. The molecule has 0 aromatic rings. The zero-order valence-corrected chi connectivity index (χ0v) is 6.42. The normalized spacial score (nSPS) is 8.82. The van der Waals surface area contributed by atoms with Crippen molar-refractivity contribution in [1.82, 2.24) is 5.48 Å². The topological polar surface area (TPSA) is 55.4 Å². The van der Waals surface area contributed by atoms with Crippen LogP contribution in [0.25, 0.3) is 0 Å². The molecule has 4 heteroatoms. The summed E-state index contributed by atoms with van der Waals surface area (Å²) in [6.45, 7) is 5.10. The number of Topliss-reactive ketones (excluding diaryl/α,β-unsaturated/α-hetero) is 1. The van der Waals surface area contributed by atoms with Crippen LogP contribution in [0.5, 0.6) is 0 Å². The maximum absolute atomic E-state index is 10.6. The first-order valence-corrected chi connectivity index (χ1v) is 3.19. The number of carbonyl (C=O) groups excluding carboxylic acids is 2. The van der Waals surface area contributed by atoms with Crippen molar-refractivity contribution >= 4 is 11.8 Å². The Morgan fingerprint density at radius 3 is 2.73 bits per heavy atom. The summed E-state index contributed by atoms with van der Waals surface area (Å²) in [4.78, 5) is 25.3. The highest BCUT2D eigenvalue weighted by Gasteiger charge is 2.04. The molecule has 0 unspecified atom stereocenters. The van der Waals surface area contributed by atoms with Gasteiger partial charge in [0, 0.05) is 6.54 Å². The van der Waals surface area contributed by atoms with Crippen molar-refractivity contribution in [1.29, 1.82) is 0 Å². The van der Waals surface area contributed by atoms with Gasteiger partial charge in [-0.05, 0) is 6.92 Å². The lowest BCUT2D eigenvalue weighted by Crippen LogP contribution is -2.21. The zero-order chi connectivity index (χ0) is 8.69. The highest BCUT2D eigenvalue weighted by atomic mass is 16.7. The van der Waals surface area contributed by atoms with Crippen LogP contribution < -0.4 is 5.48 Å². The van der Waals surface area contributed by atoms with E-state index < -0.39 is 5.97 Å². The molecule has 0 atom stereocenters. The molecule has 0 saturated carbocycles. The van der Waals surface area contributed by atoms with Gasteiger partial charge in [-0.2, -0.15) is 0 Å². The van der Waals surface area contributed by atoms with Gasteiger partial charge in [0.05, 0.1) is 0 Å². The SMILES string of the molecule is C=CCNOC(=O)CC(C)=O. The molecular formula is C7H11NO3. The van der Waals surface area contributed by atoms with Crippen LogP contribution in [-0.2, 0) is 14.4 Å². The quantitative estimate of drug-likeness (QED) is 0.268. The predicted molar refractivity (Wildman–Crippen MR) is 39.6 cm³/mol. The van der Waals surface area contributed by atoms with Crippen LogP contribution in [0.4, 0.5) is 0 Å². The minimum atomic E-state index is -0.570. The molecule has 0 bridgehead atoms. The Morgan fingerprint density at radius 2 is 2.27 bits per heavy atom. The van der Waals surface area contributed by atoms with Crippen LogP contribution in [-0.4, -0.2) is 18.3 Å². The number of ketones is 1. The van der Waals surface area contributed by atoms with E-state index in [0.29, 0.717) is 6.54 Å². The molecule has 0 fully saturated rings. The van der Waals surface area contributed by atoms with Gasteiger partial charge in [-0.15, -0.1) is 12.1 Å². The summed E-state index contributed by atoms with van der Waals surface area (Å²) in [5, 5.41) is 0. The molecule has 0 aromatic heterocycles. The van der Waals surface area contributed by atoms with E-state index in [0.717, 1.165) is 0 Å². The summed E-state index contributed by atoms with van der Waals surface area (Å²) in [6.07, 6.45) is 1.35. The Balaban J connectivity index is 3.37. The van der Waals surface area contributed by atoms with E-state index in [9.17, 15) is 9.59 Å². The first kappa shape index (κ1) is 9.84. The van der Waals surface area contributed by atoms with Gasteiger partial charge in [-0.3, -0.25) is 4.79 Å². The molecule has 1 N–H and O–H groups in total.